The maximum Gasteiger partial charge on any atom is 0.261 e. The molecule has 0 fully saturated rings. The highest BCUT2D eigenvalue weighted by Crippen LogP contribution is 2.28. The number of carbonyl (C=O) groups excluding carboxylic acids is 2. The first-order valence-electron chi connectivity index (χ1n) is 8.95. The number of thiophene rings is 1. The molecule has 0 aliphatic carbocycles. The summed E-state index contributed by atoms with van der Waals surface area (Å²) in [6, 6.07) is 7.86. The van der Waals surface area contributed by atoms with E-state index in [9.17, 15) is 9.59 Å². The molecule has 2 N–H and O–H groups in total. The lowest BCUT2D eigenvalue weighted by atomic mass is 9.96. The second-order valence-corrected chi connectivity index (χ2v) is 8.70. The lowest BCUT2D eigenvalue weighted by Gasteiger charge is -2.16. The number of carbonyl (C=O) groups is 2. The first kappa shape index (κ1) is 21.0. The summed E-state index contributed by atoms with van der Waals surface area (Å²) >= 11 is 1.30. The fraction of sp³-hybridized carbons (Fsp3) is 0.429. The van der Waals surface area contributed by atoms with Gasteiger partial charge in [0.15, 0.2) is 0 Å². The van der Waals surface area contributed by atoms with Crippen LogP contribution in [0.3, 0.4) is 0 Å². The van der Waals surface area contributed by atoms with Crippen LogP contribution in [0.2, 0.25) is 0 Å². The molecule has 0 bridgehead atoms. The molecule has 6 heteroatoms. The van der Waals surface area contributed by atoms with Gasteiger partial charge in [0, 0.05) is 12.0 Å². The van der Waals surface area contributed by atoms with Gasteiger partial charge in [-0.05, 0) is 43.5 Å². The number of nitrogens with one attached hydrogen (secondary N) is 2. The molecule has 0 saturated heterocycles. The van der Waals surface area contributed by atoms with Crippen molar-refractivity contribution in [2.75, 3.05) is 19.0 Å². The van der Waals surface area contributed by atoms with Crippen molar-refractivity contribution in [3.8, 4) is 5.75 Å². The highest BCUT2D eigenvalue weighted by Gasteiger charge is 2.23. The second kappa shape index (κ2) is 8.57. The number of benzene rings is 1. The van der Waals surface area contributed by atoms with E-state index in [0.717, 1.165) is 22.4 Å². The normalized spacial score (nSPS) is 11.2. The maximum atomic E-state index is 12.5. The predicted octanol–water partition coefficient (Wildman–Crippen LogP) is 4.33. The van der Waals surface area contributed by atoms with Gasteiger partial charge in [-0.15, -0.1) is 11.3 Å². The van der Waals surface area contributed by atoms with Gasteiger partial charge >= 0.3 is 0 Å². The molecule has 0 atom stereocenters. The summed E-state index contributed by atoms with van der Waals surface area (Å²) in [5.41, 5.74) is 2.60. The monoisotopic (exact) mass is 388 g/mol. The zero-order chi connectivity index (χ0) is 20.2. The maximum absolute atomic E-state index is 12.5. The van der Waals surface area contributed by atoms with Gasteiger partial charge in [-0.2, -0.15) is 0 Å². The van der Waals surface area contributed by atoms with Gasteiger partial charge < -0.3 is 15.4 Å². The number of ether oxygens (including phenoxy) is 1. The van der Waals surface area contributed by atoms with E-state index in [1.54, 1.807) is 7.11 Å². The van der Waals surface area contributed by atoms with Crippen molar-refractivity contribution in [1.29, 1.82) is 0 Å². The number of methoxy groups -OCH3 is 1. The summed E-state index contributed by atoms with van der Waals surface area (Å²) in [4.78, 5) is 25.3. The molecule has 2 aromatic rings. The van der Waals surface area contributed by atoms with Gasteiger partial charge in [0.1, 0.15) is 5.75 Å². The fourth-order valence-corrected chi connectivity index (χ4v) is 3.55. The number of hydrogen-bond acceptors (Lipinski definition) is 4. The van der Waals surface area contributed by atoms with Crippen molar-refractivity contribution in [3.05, 3.63) is 45.8 Å². The minimum absolute atomic E-state index is 0.0674. The zero-order valence-electron chi connectivity index (χ0n) is 16.9. The van der Waals surface area contributed by atoms with Crippen LogP contribution in [-0.4, -0.2) is 25.5 Å². The van der Waals surface area contributed by atoms with E-state index in [2.05, 4.69) is 16.7 Å². The van der Waals surface area contributed by atoms with E-state index in [1.807, 2.05) is 52.8 Å². The lowest BCUT2D eigenvalue weighted by Crippen LogP contribution is -2.27. The molecule has 2 rings (SSSR count). The predicted molar refractivity (Wildman–Crippen MR) is 111 cm³/mol. The number of aryl methyl sites for hydroxylation is 2. The van der Waals surface area contributed by atoms with E-state index in [1.165, 1.54) is 11.3 Å². The largest absolute Gasteiger partial charge is 0.496 e. The van der Waals surface area contributed by atoms with Gasteiger partial charge in [-0.25, -0.2) is 0 Å². The van der Waals surface area contributed by atoms with Crippen LogP contribution >= 0.6 is 11.3 Å². The van der Waals surface area contributed by atoms with E-state index < -0.39 is 5.41 Å². The Hall–Kier alpha value is -2.34. The molecule has 1 heterocycles. The average Bonchev–Trinajstić information content (AvgIpc) is 2.94. The van der Waals surface area contributed by atoms with Gasteiger partial charge in [0.05, 0.1) is 17.0 Å². The van der Waals surface area contributed by atoms with Crippen LogP contribution in [0, 0.1) is 19.3 Å². The van der Waals surface area contributed by atoms with E-state index in [-0.39, 0.29) is 11.8 Å². The first-order chi connectivity index (χ1) is 12.6. The number of rotatable bonds is 6. The molecule has 0 unspecified atom stereocenters. The summed E-state index contributed by atoms with van der Waals surface area (Å²) < 4.78 is 5.38. The van der Waals surface area contributed by atoms with Crippen LogP contribution in [0.1, 0.15) is 47.1 Å². The van der Waals surface area contributed by atoms with Crippen LogP contribution < -0.4 is 15.4 Å². The molecule has 0 aliphatic rings. The topological polar surface area (TPSA) is 67.4 Å². The van der Waals surface area contributed by atoms with Crippen LogP contribution in [0.5, 0.6) is 5.75 Å². The Kier molecular flexibility index (Phi) is 6.65. The molecule has 1 aromatic heterocycles. The van der Waals surface area contributed by atoms with Gasteiger partial charge in [0.2, 0.25) is 5.91 Å². The molecule has 146 valence electrons. The van der Waals surface area contributed by atoms with Crippen molar-refractivity contribution in [3.63, 3.8) is 0 Å². The lowest BCUT2D eigenvalue weighted by molar-refractivity contribution is -0.123. The van der Waals surface area contributed by atoms with Crippen molar-refractivity contribution in [1.82, 2.24) is 5.32 Å². The van der Waals surface area contributed by atoms with Crippen molar-refractivity contribution >= 4 is 28.2 Å². The van der Waals surface area contributed by atoms with Crippen molar-refractivity contribution in [2.24, 2.45) is 5.41 Å². The Balaban J connectivity index is 1.99. The third kappa shape index (κ3) is 5.57. The molecule has 27 heavy (non-hydrogen) atoms. The molecule has 0 spiro atoms. The van der Waals surface area contributed by atoms with Crippen LogP contribution in [0.4, 0.5) is 5.00 Å². The van der Waals surface area contributed by atoms with Gasteiger partial charge in [0.25, 0.3) is 5.91 Å². The van der Waals surface area contributed by atoms with E-state index >= 15 is 0 Å². The molecule has 0 radical (unpaired) electrons. The molecular weight excluding hydrogens is 360 g/mol. The fourth-order valence-electron chi connectivity index (χ4n) is 2.56. The summed E-state index contributed by atoms with van der Waals surface area (Å²) in [5.74, 6) is 0.636. The van der Waals surface area contributed by atoms with Crippen LogP contribution in [-0.2, 0) is 11.2 Å². The summed E-state index contributed by atoms with van der Waals surface area (Å²) in [7, 11) is 1.65. The van der Waals surface area contributed by atoms with E-state index in [4.69, 9.17) is 4.74 Å². The summed E-state index contributed by atoms with van der Waals surface area (Å²) in [6.07, 6.45) is 0.689. The highest BCUT2D eigenvalue weighted by molar-refractivity contribution is 7.18. The summed E-state index contributed by atoms with van der Waals surface area (Å²) in [6.45, 7) is 9.99. The number of anilines is 1. The Labute approximate surface area is 165 Å². The third-order valence-corrected chi connectivity index (χ3v) is 5.31. The summed E-state index contributed by atoms with van der Waals surface area (Å²) in [5, 5.41) is 6.54. The first-order valence-corrected chi connectivity index (χ1v) is 9.77. The molecule has 5 nitrogen and oxygen atoms in total. The highest BCUT2D eigenvalue weighted by atomic mass is 32.1. The van der Waals surface area contributed by atoms with Gasteiger partial charge in [-0.1, -0.05) is 38.5 Å². The average molecular weight is 389 g/mol. The smallest absolute Gasteiger partial charge is 0.261 e. The molecule has 0 aliphatic heterocycles. The Morgan fingerprint density at radius 1 is 1.15 bits per heavy atom. The zero-order valence-corrected chi connectivity index (χ0v) is 17.7. The van der Waals surface area contributed by atoms with E-state index in [0.29, 0.717) is 22.8 Å². The molecule has 1 aromatic carbocycles. The van der Waals surface area contributed by atoms with Crippen molar-refractivity contribution < 1.29 is 14.3 Å². The second-order valence-electron chi connectivity index (χ2n) is 7.65. The van der Waals surface area contributed by atoms with Crippen molar-refractivity contribution in [2.45, 2.75) is 41.0 Å². The standard InChI is InChI=1S/C21H28N2O3S/c1-13-7-8-16(26-6)15(11-13)9-10-22-19(24)18-14(2)12-17(27-18)23-20(25)21(3,4)5/h7-8,11-12H,9-10H2,1-6H3,(H,22,24)(H,23,25). The quantitative estimate of drug-likeness (QED) is 0.774. The van der Waals surface area contributed by atoms with Crippen LogP contribution in [0.25, 0.3) is 0 Å². The Morgan fingerprint density at radius 2 is 1.85 bits per heavy atom. The molecule has 0 saturated carbocycles. The third-order valence-electron chi connectivity index (χ3n) is 4.16. The molecular formula is C21H28N2O3S. The minimum atomic E-state index is -0.479. The Bertz CT molecular complexity index is 834. The number of hydrogen-bond donors (Lipinski definition) is 2. The SMILES string of the molecule is COc1ccc(C)cc1CCNC(=O)c1sc(NC(=O)C(C)(C)C)cc1C. The Morgan fingerprint density at radius 3 is 2.48 bits per heavy atom. The number of amides is 2. The van der Waals surface area contributed by atoms with Gasteiger partial charge in [-0.3, -0.25) is 9.59 Å². The minimum Gasteiger partial charge on any atom is -0.496 e. The molecule has 2 amide bonds. The van der Waals surface area contributed by atoms with Crippen LogP contribution in [0.15, 0.2) is 24.3 Å².